The zero-order chi connectivity index (χ0) is 33.6. The van der Waals surface area contributed by atoms with Gasteiger partial charge in [-0.05, 0) is 55.4 Å². The fraction of sp³-hybridized carbons (Fsp3) is 0.500. The molecule has 47 heavy (non-hydrogen) atoms. The molecule has 5 N–H and O–H groups in total. The van der Waals surface area contributed by atoms with E-state index in [1.165, 1.54) is 31.4 Å². The monoisotopic (exact) mass is 669 g/mol. The predicted molar refractivity (Wildman–Crippen MR) is 177 cm³/mol. The molecule has 11 nitrogen and oxygen atoms in total. The van der Waals surface area contributed by atoms with Gasteiger partial charge in [0.2, 0.25) is 11.8 Å². The van der Waals surface area contributed by atoms with E-state index >= 15 is 0 Å². The normalized spacial score (nSPS) is 20.2. The lowest BCUT2D eigenvalue weighted by atomic mass is 10.0. The van der Waals surface area contributed by atoms with Gasteiger partial charge in [-0.1, -0.05) is 48.9 Å². The van der Waals surface area contributed by atoms with Crippen molar-refractivity contribution in [3.63, 3.8) is 0 Å². The number of thioether (sulfide) groups is 1. The van der Waals surface area contributed by atoms with E-state index in [0.29, 0.717) is 49.3 Å². The summed E-state index contributed by atoms with van der Waals surface area (Å²) in [4.78, 5) is 62.2. The summed E-state index contributed by atoms with van der Waals surface area (Å²) in [6.45, 7) is 0.465. The minimum Gasteiger partial charge on any atom is -0.367 e. The lowest BCUT2D eigenvalue weighted by Gasteiger charge is -2.23. The Labute approximate surface area is 278 Å². The van der Waals surface area contributed by atoms with Crippen LogP contribution in [0.2, 0.25) is 0 Å². The molecule has 0 radical (unpaired) electrons. The predicted octanol–water partition coefficient (Wildman–Crippen LogP) is 2.94. The van der Waals surface area contributed by atoms with Crippen LogP contribution in [0.1, 0.15) is 62.2 Å². The number of rotatable bonds is 19. The number of hydrogen-bond donors (Lipinski definition) is 5. The Hall–Kier alpha value is -3.97. The first kappa shape index (κ1) is 35.9. The first-order chi connectivity index (χ1) is 22.8. The molecule has 2 saturated heterocycles. The third-order valence-corrected chi connectivity index (χ3v) is 9.91. The average molecular weight is 670 g/mol. The van der Waals surface area contributed by atoms with Crippen LogP contribution in [0.15, 0.2) is 54.6 Å². The molecule has 0 bridgehead atoms. The molecule has 2 aliphatic rings. The van der Waals surface area contributed by atoms with Gasteiger partial charge >= 0.3 is 6.03 Å². The van der Waals surface area contributed by atoms with Gasteiger partial charge < -0.3 is 36.1 Å². The third kappa shape index (κ3) is 11.1. The van der Waals surface area contributed by atoms with Gasteiger partial charge in [0, 0.05) is 37.5 Å². The van der Waals surface area contributed by atoms with Crippen molar-refractivity contribution < 1.29 is 33.1 Å². The number of methoxy groups -OCH3 is 1. The van der Waals surface area contributed by atoms with E-state index in [1.807, 2.05) is 42.1 Å². The van der Waals surface area contributed by atoms with Gasteiger partial charge in [-0.15, -0.1) is 0 Å². The summed E-state index contributed by atoms with van der Waals surface area (Å²) in [5.41, 5.74) is 1.25. The quantitative estimate of drug-likeness (QED) is 0.0876. The number of fused-ring (bicyclic) bond motifs is 1. The maximum Gasteiger partial charge on any atom is 0.315 e. The van der Waals surface area contributed by atoms with Gasteiger partial charge in [0.05, 0.1) is 18.1 Å². The lowest BCUT2D eigenvalue weighted by molar-refractivity contribution is -0.136. The van der Waals surface area contributed by atoms with Crippen molar-refractivity contribution in [3.05, 3.63) is 71.5 Å². The van der Waals surface area contributed by atoms with Crippen LogP contribution in [0.5, 0.6) is 0 Å². The van der Waals surface area contributed by atoms with E-state index in [-0.39, 0.29) is 30.4 Å². The number of carbonyl (C=O) groups is 5. The second-order valence-corrected chi connectivity index (χ2v) is 13.2. The molecule has 2 aromatic carbocycles. The second kappa shape index (κ2) is 18.4. The Morgan fingerprint density at radius 3 is 2.49 bits per heavy atom. The number of halogens is 1. The largest absolute Gasteiger partial charge is 0.367 e. The smallest absolute Gasteiger partial charge is 0.315 e. The molecule has 0 saturated carbocycles. The van der Waals surface area contributed by atoms with Gasteiger partial charge in [0.25, 0.3) is 5.91 Å². The van der Waals surface area contributed by atoms with E-state index in [4.69, 9.17) is 4.74 Å². The van der Waals surface area contributed by atoms with Crippen LogP contribution in [0.4, 0.5) is 9.18 Å². The Kier molecular flexibility index (Phi) is 14.0. The molecule has 6 atom stereocenters. The summed E-state index contributed by atoms with van der Waals surface area (Å²) in [6.07, 6.45) is 4.48. The standard InChI is InChI=1S/C34H44FN5O6S/c1-46-31(23-14-16-24(35)17-15-23)33(44)38-26(19-22-9-3-2-4-10-22)32(43)37-25(20-41)11-7-8-18-36-29(42)13-6-5-12-28-30-27(21-47-28)39-34(45)40-30/h2-4,9-10,14-17,20,25-28,30-31H,5-8,11-13,18-19,21H2,1H3,(H,36,42)(H,37,43)(H,38,44)(H2,39,40,45)/t25-,26-,27-,28-,30-,31?/m0/s1. The summed E-state index contributed by atoms with van der Waals surface area (Å²) in [7, 11) is 1.35. The summed E-state index contributed by atoms with van der Waals surface area (Å²) in [5, 5.41) is 14.7. The van der Waals surface area contributed by atoms with Crippen LogP contribution in [-0.4, -0.2) is 78.9 Å². The van der Waals surface area contributed by atoms with Crippen molar-refractivity contribution in [1.82, 2.24) is 26.6 Å². The Bertz CT molecular complexity index is 1350. The van der Waals surface area contributed by atoms with Crippen LogP contribution in [-0.2, 0) is 30.3 Å². The van der Waals surface area contributed by atoms with Crippen LogP contribution >= 0.6 is 11.8 Å². The van der Waals surface area contributed by atoms with E-state index in [0.717, 1.165) is 30.6 Å². The minimum absolute atomic E-state index is 0.0208. The zero-order valence-corrected chi connectivity index (χ0v) is 27.4. The fourth-order valence-corrected chi connectivity index (χ4v) is 7.42. The molecule has 0 aromatic heterocycles. The van der Waals surface area contributed by atoms with E-state index < -0.39 is 35.8 Å². The highest BCUT2D eigenvalue weighted by molar-refractivity contribution is 8.00. The van der Waals surface area contributed by atoms with Crippen molar-refractivity contribution in [2.24, 2.45) is 0 Å². The Balaban J connectivity index is 1.17. The summed E-state index contributed by atoms with van der Waals surface area (Å²) >= 11 is 1.86. The summed E-state index contributed by atoms with van der Waals surface area (Å²) in [6, 6.07) is 13.0. The number of aldehydes is 1. The molecule has 0 spiro atoms. The van der Waals surface area contributed by atoms with Crippen molar-refractivity contribution >= 4 is 41.8 Å². The maximum absolute atomic E-state index is 13.4. The highest BCUT2D eigenvalue weighted by Gasteiger charge is 2.42. The zero-order valence-electron chi connectivity index (χ0n) is 26.5. The summed E-state index contributed by atoms with van der Waals surface area (Å²) in [5.74, 6) is -0.635. The van der Waals surface area contributed by atoms with Gasteiger partial charge in [-0.2, -0.15) is 11.8 Å². The molecule has 2 heterocycles. The number of ether oxygens (including phenoxy) is 1. The van der Waals surface area contributed by atoms with Crippen LogP contribution in [0.25, 0.3) is 0 Å². The number of hydrogen-bond acceptors (Lipinski definition) is 7. The van der Waals surface area contributed by atoms with Crippen LogP contribution in [0.3, 0.4) is 0 Å². The highest BCUT2D eigenvalue weighted by atomic mass is 32.2. The van der Waals surface area contributed by atoms with Crippen LogP contribution < -0.4 is 26.6 Å². The molecule has 2 aliphatic heterocycles. The van der Waals surface area contributed by atoms with Crippen molar-refractivity contribution in [2.45, 2.75) is 86.9 Å². The Morgan fingerprint density at radius 1 is 1.00 bits per heavy atom. The van der Waals surface area contributed by atoms with Crippen molar-refractivity contribution in [1.29, 1.82) is 0 Å². The molecule has 13 heteroatoms. The first-order valence-electron chi connectivity index (χ1n) is 16.1. The number of urea groups is 1. The van der Waals surface area contributed by atoms with E-state index in [2.05, 4.69) is 26.6 Å². The van der Waals surface area contributed by atoms with Gasteiger partial charge in [0.15, 0.2) is 6.10 Å². The SMILES string of the molecule is COC(C(=O)N[C@@H](Cc1ccccc1)C(=O)N[C@H](C=O)CCCCNC(=O)CCCC[C@@H]1SC[C@@H]2NC(=O)N[C@@H]21)c1ccc(F)cc1. The first-order valence-corrected chi connectivity index (χ1v) is 17.2. The molecule has 254 valence electrons. The fourth-order valence-electron chi connectivity index (χ4n) is 5.88. The topological polar surface area (TPSA) is 155 Å². The molecule has 1 unspecified atom stereocenters. The number of nitrogens with one attached hydrogen (secondary N) is 5. The molecular weight excluding hydrogens is 625 g/mol. The number of unbranched alkanes of at least 4 members (excludes halogenated alkanes) is 2. The molecular formula is C34H44FN5O6S. The molecule has 2 fully saturated rings. The molecule has 4 rings (SSSR count). The maximum atomic E-state index is 13.4. The average Bonchev–Trinajstić information content (AvgIpc) is 3.62. The van der Waals surface area contributed by atoms with Crippen molar-refractivity contribution in [2.75, 3.05) is 19.4 Å². The van der Waals surface area contributed by atoms with E-state index in [1.54, 1.807) is 0 Å². The highest BCUT2D eigenvalue weighted by Crippen LogP contribution is 2.33. The molecule has 5 amide bonds. The number of carbonyl (C=O) groups excluding carboxylic acids is 5. The second-order valence-electron chi connectivity index (χ2n) is 11.9. The van der Waals surface area contributed by atoms with Crippen molar-refractivity contribution in [3.8, 4) is 0 Å². The molecule has 2 aromatic rings. The number of benzene rings is 2. The van der Waals surface area contributed by atoms with Gasteiger partial charge in [-0.3, -0.25) is 14.4 Å². The lowest BCUT2D eigenvalue weighted by Crippen LogP contribution is -2.52. The summed E-state index contributed by atoms with van der Waals surface area (Å²) < 4.78 is 18.8. The van der Waals surface area contributed by atoms with E-state index in [9.17, 15) is 28.4 Å². The Morgan fingerprint density at radius 2 is 1.77 bits per heavy atom. The number of amides is 5. The third-order valence-electron chi connectivity index (χ3n) is 8.40. The molecule has 0 aliphatic carbocycles. The van der Waals surface area contributed by atoms with Crippen LogP contribution in [0, 0.1) is 5.82 Å². The minimum atomic E-state index is -1.06. The van der Waals surface area contributed by atoms with Gasteiger partial charge in [-0.25, -0.2) is 9.18 Å². The van der Waals surface area contributed by atoms with Gasteiger partial charge in [0.1, 0.15) is 18.1 Å².